The fourth-order valence-corrected chi connectivity index (χ4v) is 1.32. The molecule has 2 rings (SSSR count). The van der Waals surface area contributed by atoms with Crippen LogP contribution in [0.15, 0.2) is 59.8 Å². The van der Waals surface area contributed by atoms with Gasteiger partial charge in [-0.25, -0.2) is 0 Å². The molecule has 0 saturated carbocycles. The number of fused-ring (bicyclic) bond motifs is 1. The van der Waals surface area contributed by atoms with Gasteiger partial charge in [-0.05, 0) is 17.6 Å². The maximum atomic E-state index is 2.20. The summed E-state index contributed by atoms with van der Waals surface area (Å²) in [5.74, 6) is 0. The quantitative estimate of drug-likeness (QED) is 0.488. The lowest BCUT2D eigenvalue weighted by atomic mass is 10.1. The van der Waals surface area contributed by atoms with Crippen LogP contribution >= 0.6 is 0 Å². The summed E-state index contributed by atoms with van der Waals surface area (Å²) >= 11 is 0. The molecule has 0 atom stereocenters. The summed E-state index contributed by atoms with van der Waals surface area (Å²) in [5, 5.41) is 0. The van der Waals surface area contributed by atoms with Crippen LogP contribution in [0.4, 0.5) is 0 Å². The Labute approximate surface area is 66.9 Å². The van der Waals surface area contributed by atoms with E-state index < -0.39 is 0 Å². The maximum Gasteiger partial charge on any atom is -0.00882 e. The standard InChI is InChI=1S/C11H10/c1-2-4-7-11-9-5-8-10(11)6-3-1/h1-8H,9H2/b2-1?,3-1-,4-2-,6-3?,7-4?,10-6?,11-7?. The van der Waals surface area contributed by atoms with Crippen LogP contribution in [0.3, 0.4) is 0 Å². The minimum atomic E-state index is 1.09. The second kappa shape index (κ2) is 2.75. The number of hydrogen-bond acceptors (Lipinski definition) is 0. The Morgan fingerprint density at radius 3 is 2.64 bits per heavy atom. The van der Waals surface area contributed by atoms with E-state index in [9.17, 15) is 0 Å². The fourth-order valence-electron chi connectivity index (χ4n) is 1.32. The molecule has 0 radical (unpaired) electrons. The van der Waals surface area contributed by atoms with Crippen LogP contribution in [-0.2, 0) is 0 Å². The molecule has 54 valence electrons. The Morgan fingerprint density at radius 1 is 0.909 bits per heavy atom. The lowest BCUT2D eigenvalue weighted by Gasteiger charge is -1.97. The van der Waals surface area contributed by atoms with Gasteiger partial charge in [-0.15, -0.1) is 0 Å². The van der Waals surface area contributed by atoms with Crippen molar-refractivity contribution in [2.24, 2.45) is 0 Å². The van der Waals surface area contributed by atoms with Gasteiger partial charge in [-0.3, -0.25) is 0 Å². The molecular formula is C11H10. The van der Waals surface area contributed by atoms with E-state index >= 15 is 0 Å². The predicted molar refractivity (Wildman–Crippen MR) is 48.2 cm³/mol. The van der Waals surface area contributed by atoms with Crippen molar-refractivity contribution in [1.82, 2.24) is 0 Å². The highest BCUT2D eigenvalue weighted by atomic mass is 14.1. The van der Waals surface area contributed by atoms with Gasteiger partial charge in [0.25, 0.3) is 0 Å². The molecule has 0 aromatic heterocycles. The zero-order chi connectivity index (χ0) is 7.52. The summed E-state index contributed by atoms with van der Waals surface area (Å²) < 4.78 is 0. The number of rotatable bonds is 0. The summed E-state index contributed by atoms with van der Waals surface area (Å²) in [4.78, 5) is 0. The van der Waals surface area contributed by atoms with Crippen molar-refractivity contribution in [3.8, 4) is 0 Å². The fraction of sp³-hybridized carbons (Fsp3) is 0.0909. The summed E-state index contributed by atoms with van der Waals surface area (Å²) in [6.07, 6.45) is 18.1. The molecule has 11 heavy (non-hydrogen) atoms. The topological polar surface area (TPSA) is 0 Å². The van der Waals surface area contributed by atoms with Crippen LogP contribution in [0.2, 0.25) is 0 Å². The number of hydrogen-bond donors (Lipinski definition) is 0. The highest BCUT2D eigenvalue weighted by Crippen LogP contribution is 2.23. The van der Waals surface area contributed by atoms with Gasteiger partial charge in [0.1, 0.15) is 0 Å². The van der Waals surface area contributed by atoms with Gasteiger partial charge in [0, 0.05) is 0 Å². The molecule has 0 unspecified atom stereocenters. The second-order valence-electron chi connectivity index (χ2n) is 2.69. The molecule has 0 heterocycles. The first kappa shape index (κ1) is 6.41. The molecule has 0 fully saturated rings. The Bertz CT molecular complexity index is 296. The van der Waals surface area contributed by atoms with E-state index in [2.05, 4.69) is 42.5 Å². The van der Waals surface area contributed by atoms with Gasteiger partial charge in [-0.1, -0.05) is 48.6 Å². The van der Waals surface area contributed by atoms with E-state index in [4.69, 9.17) is 0 Å². The highest BCUT2D eigenvalue weighted by molar-refractivity contribution is 5.50. The van der Waals surface area contributed by atoms with Crippen molar-refractivity contribution in [3.63, 3.8) is 0 Å². The van der Waals surface area contributed by atoms with Gasteiger partial charge in [0.05, 0.1) is 0 Å². The molecule has 0 bridgehead atoms. The van der Waals surface area contributed by atoms with E-state index in [1.165, 1.54) is 11.1 Å². The lowest BCUT2D eigenvalue weighted by Crippen LogP contribution is -1.78. The molecule has 0 amide bonds. The third-order valence-corrected chi connectivity index (χ3v) is 1.91. The molecular weight excluding hydrogens is 132 g/mol. The first-order valence-electron chi connectivity index (χ1n) is 3.88. The molecule has 0 aliphatic heterocycles. The molecule has 0 saturated heterocycles. The van der Waals surface area contributed by atoms with Gasteiger partial charge < -0.3 is 0 Å². The van der Waals surface area contributed by atoms with Crippen LogP contribution in [-0.4, -0.2) is 0 Å². The third-order valence-electron chi connectivity index (χ3n) is 1.91. The normalized spacial score (nSPS) is 26.2. The van der Waals surface area contributed by atoms with Crippen molar-refractivity contribution >= 4 is 0 Å². The van der Waals surface area contributed by atoms with Gasteiger partial charge in [-0.2, -0.15) is 0 Å². The van der Waals surface area contributed by atoms with Gasteiger partial charge in [0.2, 0.25) is 0 Å². The molecule has 0 aromatic rings. The molecule has 0 spiro atoms. The smallest absolute Gasteiger partial charge is 0.00882 e. The van der Waals surface area contributed by atoms with E-state index in [1.54, 1.807) is 0 Å². The summed E-state index contributed by atoms with van der Waals surface area (Å²) in [6, 6.07) is 0. The third kappa shape index (κ3) is 1.25. The highest BCUT2D eigenvalue weighted by Gasteiger charge is 2.04. The molecule has 0 nitrogen and oxygen atoms in total. The van der Waals surface area contributed by atoms with Crippen molar-refractivity contribution in [1.29, 1.82) is 0 Å². The second-order valence-corrected chi connectivity index (χ2v) is 2.69. The first-order chi connectivity index (χ1) is 5.47. The van der Waals surface area contributed by atoms with Crippen molar-refractivity contribution < 1.29 is 0 Å². The van der Waals surface area contributed by atoms with Crippen LogP contribution in [0.1, 0.15) is 6.42 Å². The minimum absolute atomic E-state index is 1.09. The zero-order valence-corrected chi connectivity index (χ0v) is 6.33. The number of allylic oxidation sites excluding steroid dienone is 10. The SMILES string of the molecule is C1=CC2=C/C=C\C=C/C=C2C1. The van der Waals surface area contributed by atoms with Crippen molar-refractivity contribution in [3.05, 3.63) is 59.8 Å². The molecule has 2 aliphatic carbocycles. The largest absolute Gasteiger partial charge is 0.0795 e. The summed E-state index contributed by atoms with van der Waals surface area (Å²) in [6.45, 7) is 0. The predicted octanol–water partition coefficient (Wildman–Crippen LogP) is 2.93. The molecule has 2 aliphatic rings. The Kier molecular flexibility index (Phi) is 1.60. The van der Waals surface area contributed by atoms with Crippen LogP contribution in [0.5, 0.6) is 0 Å². The Balaban J connectivity index is 2.41. The van der Waals surface area contributed by atoms with Crippen LogP contribution < -0.4 is 0 Å². The summed E-state index contributed by atoms with van der Waals surface area (Å²) in [5.41, 5.74) is 2.77. The average Bonchev–Trinajstić information content (AvgIpc) is 2.35. The van der Waals surface area contributed by atoms with E-state index in [0.717, 1.165) is 6.42 Å². The Hall–Kier alpha value is -1.30. The van der Waals surface area contributed by atoms with E-state index in [-0.39, 0.29) is 0 Å². The van der Waals surface area contributed by atoms with E-state index in [1.807, 2.05) is 6.08 Å². The Morgan fingerprint density at radius 2 is 1.73 bits per heavy atom. The van der Waals surface area contributed by atoms with Crippen molar-refractivity contribution in [2.45, 2.75) is 6.42 Å². The minimum Gasteiger partial charge on any atom is -0.0795 e. The van der Waals surface area contributed by atoms with Crippen LogP contribution in [0, 0.1) is 0 Å². The van der Waals surface area contributed by atoms with Gasteiger partial charge >= 0.3 is 0 Å². The maximum absolute atomic E-state index is 2.20. The molecule has 0 heteroatoms. The zero-order valence-electron chi connectivity index (χ0n) is 6.33. The summed E-state index contributed by atoms with van der Waals surface area (Å²) in [7, 11) is 0. The average molecular weight is 142 g/mol. The molecule has 0 N–H and O–H groups in total. The first-order valence-corrected chi connectivity index (χ1v) is 3.88. The monoisotopic (exact) mass is 142 g/mol. The molecule has 0 aromatic carbocycles. The van der Waals surface area contributed by atoms with Gasteiger partial charge in [0.15, 0.2) is 0 Å². The lowest BCUT2D eigenvalue weighted by molar-refractivity contribution is 1.31. The van der Waals surface area contributed by atoms with Crippen molar-refractivity contribution in [2.75, 3.05) is 0 Å². The van der Waals surface area contributed by atoms with Crippen LogP contribution in [0.25, 0.3) is 0 Å². The van der Waals surface area contributed by atoms with E-state index in [0.29, 0.717) is 0 Å².